The number of aryl methyl sites for hydroxylation is 1. The Morgan fingerprint density at radius 1 is 1.38 bits per heavy atom. The number of carbonyl (C=O) groups excluding carboxylic acids is 2. The zero-order chi connectivity index (χ0) is 17.9. The fraction of sp³-hybridized carbons (Fsp3) is 0.722. The van der Waals surface area contributed by atoms with E-state index in [0.29, 0.717) is 13.1 Å². The van der Waals surface area contributed by atoms with E-state index < -0.39 is 0 Å². The Kier molecular flexibility index (Phi) is 6.01. The van der Waals surface area contributed by atoms with Gasteiger partial charge in [0.05, 0.1) is 16.6 Å². The molecule has 24 heavy (non-hydrogen) atoms. The molecule has 0 radical (unpaired) electrons. The van der Waals surface area contributed by atoms with E-state index in [1.807, 2.05) is 18.7 Å². The molecule has 5 nitrogen and oxygen atoms in total. The number of likely N-dealkylation sites (tertiary alicyclic amines) is 1. The Balaban J connectivity index is 2.09. The Bertz CT molecular complexity index is 604. The SMILES string of the molecule is CCCNC(=O)C1CCCN(C(=O)c2sc(C(C)(C)C)nc2C)C1. The molecule has 1 aliphatic heterocycles. The van der Waals surface area contributed by atoms with Gasteiger partial charge in [0.2, 0.25) is 5.91 Å². The van der Waals surface area contributed by atoms with Crippen LogP contribution < -0.4 is 5.32 Å². The Morgan fingerprint density at radius 2 is 2.08 bits per heavy atom. The second-order valence-electron chi connectivity index (χ2n) is 7.56. The molecule has 1 N–H and O–H groups in total. The lowest BCUT2D eigenvalue weighted by Crippen LogP contribution is -2.45. The largest absolute Gasteiger partial charge is 0.356 e. The van der Waals surface area contributed by atoms with Gasteiger partial charge in [0, 0.05) is 25.0 Å². The minimum absolute atomic E-state index is 0.0218. The van der Waals surface area contributed by atoms with Gasteiger partial charge in [-0.15, -0.1) is 11.3 Å². The second kappa shape index (κ2) is 7.64. The van der Waals surface area contributed by atoms with Gasteiger partial charge in [-0.2, -0.15) is 0 Å². The molecular formula is C18H29N3O2S. The average Bonchev–Trinajstić information content (AvgIpc) is 2.94. The summed E-state index contributed by atoms with van der Waals surface area (Å²) in [6.45, 7) is 12.2. The van der Waals surface area contributed by atoms with E-state index in [2.05, 4.69) is 31.1 Å². The molecule has 0 aliphatic carbocycles. The number of hydrogen-bond donors (Lipinski definition) is 1. The molecular weight excluding hydrogens is 322 g/mol. The monoisotopic (exact) mass is 351 g/mol. The first kappa shape index (κ1) is 18.9. The van der Waals surface area contributed by atoms with Gasteiger partial charge >= 0.3 is 0 Å². The molecule has 0 saturated carbocycles. The number of carbonyl (C=O) groups is 2. The third-order valence-corrected chi connectivity index (χ3v) is 5.83. The summed E-state index contributed by atoms with van der Waals surface area (Å²) in [5.74, 6) is 0.00353. The summed E-state index contributed by atoms with van der Waals surface area (Å²) in [6.07, 6.45) is 2.66. The smallest absolute Gasteiger partial charge is 0.265 e. The lowest BCUT2D eigenvalue weighted by atomic mass is 9.97. The van der Waals surface area contributed by atoms with Crippen molar-refractivity contribution in [2.24, 2.45) is 5.92 Å². The van der Waals surface area contributed by atoms with E-state index in [1.54, 1.807) is 0 Å². The molecule has 6 heteroatoms. The minimum atomic E-state index is -0.0930. The molecule has 1 atom stereocenters. The third-order valence-electron chi connectivity index (χ3n) is 4.26. The number of rotatable bonds is 4. The predicted molar refractivity (Wildman–Crippen MR) is 97.5 cm³/mol. The minimum Gasteiger partial charge on any atom is -0.356 e. The third kappa shape index (κ3) is 4.35. The van der Waals surface area contributed by atoms with Gasteiger partial charge in [-0.1, -0.05) is 27.7 Å². The van der Waals surface area contributed by atoms with Crippen molar-refractivity contribution >= 4 is 23.2 Å². The molecule has 0 aromatic carbocycles. The molecule has 2 rings (SSSR count). The lowest BCUT2D eigenvalue weighted by molar-refractivity contribution is -0.126. The maximum atomic E-state index is 12.9. The van der Waals surface area contributed by atoms with Crippen LogP contribution in [-0.4, -0.2) is 41.3 Å². The van der Waals surface area contributed by atoms with Crippen LogP contribution >= 0.6 is 11.3 Å². The van der Waals surface area contributed by atoms with Crippen LogP contribution in [0.3, 0.4) is 0 Å². The zero-order valence-corrected chi connectivity index (χ0v) is 16.3. The number of nitrogens with one attached hydrogen (secondary N) is 1. The maximum absolute atomic E-state index is 12.9. The summed E-state index contributed by atoms with van der Waals surface area (Å²) < 4.78 is 0. The van der Waals surface area contributed by atoms with Crippen LogP contribution in [0, 0.1) is 12.8 Å². The van der Waals surface area contributed by atoms with Crippen molar-refractivity contribution in [1.82, 2.24) is 15.2 Å². The molecule has 2 amide bonds. The Hall–Kier alpha value is -1.43. The first-order valence-corrected chi connectivity index (χ1v) is 9.60. The van der Waals surface area contributed by atoms with E-state index in [4.69, 9.17) is 0 Å². The van der Waals surface area contributed by atoms with E-state index in [0.717, 1.165) is 41.4 Å². The fourth-order valence-electron chi connectivity index (χ4n) is 2.83. The summed E-state index contributed by atoms with van der Waals surface area (Å²) in [5.41, 5.74) is 0.741. The van der Waals surface area contributed by atoms with E-state index in [9.17, 15) is 9.59 Å². The van der Waals surface area contributed by atoms with Gasteiger partial charge in [-0.25, -0.2) is 4.98 Å². The highest BCUT2D eigenvalue weighted by molar-refractivity contribution is 7.14. The van der Waals surface area contributed by atoms with Crippen molar-refractivity contribution in [2.75, 3.05) is 19.6 Å². The van der Waals surface area contributed by atoms with E-state index in [1.165, 1.54) is 11.3 Å². The van der Waals surface area contributed by atoms with Gasteiger partial charge < -0.3 is 10.2 Å². The highest BCUT2D eigenvalue weighted by atomic mass is 32.1. The summed E-state index contributed by atoms with van der Waals surface area (Å²) in [7, 11) is 0. The van der Waals surface area contributed by atoms with Crippen LogP contribution in [0.25, 0.3) is 0 Å². The average molecular weight is 352 g/mol. The van der Waals surface area contributed by atoms with E-state index >= 15 is 0 Å². The first-order valence-electron chi connectivity index (χ1n) is 8.79. The van der Waals surface area contributed by atoms with E-state index in [-0.39, 0.29) is 23.1 Å². The molecule has 134 valence electrons. The van der Waals surface area contributed by atoms with Crippen LogP contribution in [0.5, 0.6) is 0 Å². The van der Waals surface area contributed by atoms with Crippen LogP contribution in [0.2, 0.25) is 0 Å². The number of hydrogen-bond acceptors (Lipinski definition) is 4. The summed E-state index contributed by atoms with van der Waals surface area (Å²) in [5, 5.41) is 3.93. The van der Waals surface area contributed by atoms with Crippen LogP contribution in [-0.2, 0) is 10.2 Å². The van der Waals surface area contributed by atoms with Gasteiger partial charge in [-0.3, -0.25) is 9.59 Å². The summed E-state index contributed by atoms with van der Waals surface area (Å²) in [4.78, 5) is 32.2. The summed E-state index contributed by atoms with van der Waals surface area (Å²) in [6, 6.07) is 0. The maximum Gasteiger partial charge on any atom is 0.265 e. The highest BCUT2D eigenvalue weighted by Crippen LogP contribution is 2.30. The highest BCUT2D eigenvalue weighted by Gasteiger charge is 2.31. The zero-order valence-electron chi connectivity index (χ0n) is 15.4. The van der Waals surface area contributed by atoms with Crippen molar-refractivity contribution in [3.05, 3.63) is 15.6 Å². The molecule has 2 heterocycles. The van der Waals surface area contributed by atoms with Gasteiger partial charge in [0.1, 0.15) is 4.88 Å². The van der Waals surface area contributed by atoms with Gasteiger partial charge in [-0.05, 0) is 26.2 Å². The van der Waals surface area contributed by atoms with Crippen molar-refractivity contribution in [3.8, 4) is 0 Å². The van der Waals surface area contributed by atoms with Crippen molar-refractivity contribution in [1.29, 1.82) is 0 Å². The Morgan fingerprint density at radius 3 is 2.67 bits per heavy atom. The quantitative estimate of drug-likeness (QED) is 0.906. The first-order chi connectivity index (χ1) is 11.2. The van der Waals surface area contributed by atoms with Crippen LogP contribution in [0.4, 0.5) is 0 Å². The van der Waals surface area contributed by atoms with Crippen molar-refractivity contribution in [3.63, 3.8) is 0 Å². The number of nitrogens with zero attached hydrogens (tertiary/aromatic N) is 2. The molecule has 1 fully saturated rings. The fourth-order valence-corrected chi connectivity index (χ4v) is 3.92. The van der Waals surface area contributed by atoms with Crippen molar-refractivity contribution in [2.45, 2.75) is 59.3 Å². The molecule has 1 saturated heterocycles. The summed E-state index contributed by atoms with van der Waals surface area (Å²) >= 11 is 1.49. The molecule has 0 bridgehead atoms. The number of aromatic nitrogens is 1. The second-order valence-corrected chi connectivity index (χ2v) is 8.56. The number of piperidine rings is 1. The van der Waals surface area contributed by atoms with Crippen molar-refractivity contribution < 1.29 is 9.59 Å². The molecule has 1 unspecified atom stereocenters. The lowest BCUT2D eigenvalue weighted by Gasteiger charge is -2.31. The number of amides is 2. The topological polar surface area (TPSA) is 62.3 Å². The predicted octanol–water partition coefficient (Wildman–Crippen LogP) is 3.13. The molecule has 1 aromatic rings. The molecule has 0 spiro atoms. The van der Waals surface area contributed by atoms with Gasteiger partial charge in [0.25, 0.3) is 5.91 Å². The normalized spacial score (nSPS) is 18.5. The molecule has 1 aliphatic rings. The number of thiazole rings is 1. The Labute approximate surface area is 148 Å². The van der Waals surface area contributed by atoms with Crippen LogP contribution in [0.15, 0.2) is 0 Å². The standard InChI is InChI=1S/C18H29N3O2S/c1-6-9-19-15(22)13-8-7-10-21(11-13)16(23)14-12(2)20-17(24-14)18(3,4)5/h13H,6-11H2,1-5H3,(H,19,22). The molecule has 1 aromatic heterocycles. The van der Waals surface area contributed by atoms with Gasteiger partial charge in [0.15, 0.2) is 0 Å². The van der Waals surface area contributed by atoms with Crippen LogP contribution in [0.1, 0.15) is 67.3 Å².